The maximum atomic E-state index is 5.53. The molecule has 2 aromatic heterocycles. The van der Waals surface area contributed by atoms with Crippen LogP contribution < -0.4 is 4.90 Å². The van der Waals surface area contributed by atoms with Crippen LogP contribution in [0.4, 0.5) is 11.7 Å². The molecule has 2 aromatic carbocycles. The number of fused-ring (bicyclic) bond motifs is 1. The topological polar surface area (TPSA) is 55.1 Å². The third-order valence-corrected chi connectivity index (χ3v) is 4.02. The highest BCUT2D eigenvalue weighted by Gasteiger charge is 2.15. The third kappa shape index (κ3) is 2.50. The normalized spacial score (nSPS) is 10.9. The summed E-state index contributed by atoms with van der Waals surface area (Å²) in [6.45, 7) is 2.06. The minimum atomic E-state index is 0.634. The van der Waals surface area contributed by atoms with E-state index < -0.39 is 0 Å². The maximum Gasteiger partial charge on any atom is 0.233 e. The van der Waals surface area contributed by atoms with E-state index in [1.54, 1.807) is 6.33 Å². The number of benzene rings is 2. The Bertz CT molecular complexity index is 986. The monoisotopic (exact) mass is 316 g/mol. The number of rotatable bonds is 3. The molecule has 0 aliphatic carbocycles. The van der Waals surface area contributed by atoms with Gasteiger partial charge in [-0.05, 0) is 19.1 Å². The average molecular weight is 316 g/mol. The highest BCUT2D eigenvalue weighted by Crippen LogP contribution is 2.30. The largest absolute Gasteiger partial charge is 0.338 e. The zero-order chi connectivity index (χ0) is 16.5. The van der Waals surface area contributed by atoms with Crippen LogP contribution in [0.5, 0.6) is 0 Å². The smallest absolute Gasteiger partial charge is 0.233 e. The van der Waals surface area contributed by atoms with Crippen molar-refractivity contribution in [1.82, 2.24) is 15.1 Å². The quantitative estimate of drug-likeness (QED) is 0.562. The molecule has 2 heterocycles. The molecule has 24 heavy (non-hydrogen) atoms. The van der Waals surface area contributed by atoms with Gasteiger partial charge in [-0.15, -0.1) is 0 Å². The summed E-state index contributed by atoms with van der Waals surface area (Å²) in [6.07, 6.45) is 1.56. The fraction of sp³-hybridized carbons (Fsp3) is 0.105. The van der Waals surface area contributed by atoms with E-state index in [9.17, 15) is 0 Å². The van der Waals surface area contributed by atoms with Gasteiger partial charge in [-0.2, -0.15) is 0 Å². The van der Waals surface area contributed by atoms with Crippen LogP contribution in [0.3, 0.4) is 0 Å². The van der Waals surface area contributed by atoms with Crippen LogP contribution in [0, 0.1) is 6.92 Å². The van der Waals surface area contributed by atoms with E-state index in [4.69, 9.17) is 4.52 Å². The molecular formula is C19H16N4O. The van der Waals surface area contributed by atoms with Crippen LogP contribution in [-0.4, -0.2) is 22.2 Å². The van der Waals surface area contributed by atoms with E-state index in [2.05, 4.69) is 34.2 Å². The lowest BCUT2D eigenvalue weighted by molar-refractivity contribution is 0.428. The van der Waals surface area contributed by atoms with E-state index in [0.717, 1.165) is 28.0 Å². The van der Waals surface area contributed by atoms with Gasteiger partial charge < -0.3 is 4.52 Å². The molecule has 0 atom stereocenters. The molecule has 0 bridgehead atoms. The summed E-state index contributed by atoms with van der Waals surface area (Å²) < 4.78 is 5.53. The zero-order valence-electron chi connectivity index (χ0n) is 13.5. The number of anilines is 2. The van der Waals surface area contributed by atoms with Crippen molar-refractivity contribution in [2.45, 2.75) is 6.92 Å². The van der Waals surface area contributed by atoms with Gasteiger partial charge in [0.25, 0.3) is 0 Å². The van der Waals surface area contributed by atoms with E-state index >= 15 is 0 Å². The molecule has 4 aromatic rings. The Hall–Kier alpha value is -3.21. The summed E-state index contributed by atoms with van der Waals surface area (Å²) in [4.78, 5) is 10.6. The lowest BCUT2D eigenvalue weighted by atomic mass is 10.1. The summed E-state index contributed by atoms with van der Waals surface area (Å²) in [5.74, 6) is 1.42. The molecule has 5 nitrogen and oxygen atoms in total. The maximum absolute atomic E-state index is 5.53. The molecule has 0 radical (unpaired) electrons. The lowest BCUT2D eigenvalue weighted by Gasteiger charge is -2.15. The van der Waals surface area contributed by atoms with Crippen LogP contribution >= 0.6 is 0 Å². The highest BCUT2D eigenvalue weighted by molar-refractivity contribution is 5.90. The first-order valence-electron chi connectivity index (χ1n) is 7.69. The van der Waals surface area contributed by atoms with Gasteiger partial charge in [0.2, 0.25) is 5.88 Å². The van der Waals surface area contributed by atoms with Crippen molar-refractivity contribution in [3.8, 4) is 11.3 Å². The third-order valence-electron chi connectivity index (χ3n) is 4.02. The van der Waals surface area contributed by atoms with Crippen LogP contribution in [0.15, 0.2) is 65.4 Å². The summed E-state index contributed by atoms with van der Waals surface area (Å²) in [6, 6.07) is 18.0. The summed E-state index contributed by atoms with van der Waals surface area (Å²) in [5.41, 5.74) is 3.94. The minimum absolute atomic E-state index is 0.634. The molecule has 118 valence electrons. The Morgan fingerprint density at radius 1 is 0.958 bits per heavy atom. The first kappa shape index (κ1) is 14.4. The molecule has 0 saturated carbocycles. The van der Waals surface area contributed by atoms with Gasteiger partial charge in [0.15, 0.2) is 0 Å². The van der Waals surface area contributed by atoms with Gasteiger partial charge in [0, 0.05) is 24.1 Å². The number of para-hydroxylation sites is 1. The Morgan fingerprint density at radius 3 is 2.58 bits per heavy atom. The molecule has 0 spiro atoms. The number of nitrogens with zero attached hydrogens (tertiary/aromatic N) is 4. The predicted octanol–water partition coefficient (Wildman–Crippen LogP) is 4.36. The Kier molecular flexibility index (Phi) is 3.46. The summed E-state index contributed by atoms with van der Waals surface area (Å²) in [7, 11) is 1.91. The molecule has 0 amide bonds. The number of hydrogen-bond acceptors (Lipinski definition) is 5. The standard InChI is InChI=1S/C19H16N4O/c1-13-7-9-14(10-8-13)17-11-18(24-22-17)23(2)19-15-5-3-4-6-16(15)20-12-21-19/h3-12H,1-2H3. The van der Waals surface area contributed by atoms with Crippen molar-refractivity contribution in [1.29, 1.82) is 0 Å². The Balaban J connectivity index is 1.72. The number of aryl methyl sites for hydroxylation is 1. The molecule has 0 N–H and O–H groups in total. The van der Waals surface area contributed by atoms with Crippen molar-refractivity contribution in [2.24, 2.45) is 0 Å². The predicted molar refractivity (Wildman–Crippen MR) is 94.3 cm³/mol. The van der Waals surface area contributed by atoms with Gasteiger partial charge in [0.05, 0.1) is 5.52 Å². The molecule has 0 unspecified atom stereocenters. The first-order chi connectivity index (χ1) is 11.7. The molecule has 4 rings (SSSR count). The Labute approximate surface area is 139 Å². The molecule has 0 aliphatic rings. The average Bonchev–Trinajstić information content (AvgIpc) is 3.11. The lowest BCUT2D eigenvalue weighted by Crippen LogP contribution is -2.11. The van der Waals surface area contributed by atoms with E-state index in [0.29, 0.717) is 5.88 Å². The van der Waals surface area contributed by atoms with Gasteiger partial charge >= 0.3 is 0 Å². The van der Waals surface area contributed by atoms with Crippen LogP contribution in [-0.2, 0) is 0 Å². The molecular weight excluding hydrogens is 300 g/mol. The van der Waals surface area contributed by atoms with Crippen molar-refractivity contribution >= 4 is 22.6 Å². The van der Waals surface area contributed by atoms with Gasteiger partial charge in [0.1, 0.15) is 17.8 Å². The number of hydrogen-bond donors (Lipinski definition) is 0. The SMILES string of the molecule is Cc1ccc(-c2cc(N(C)c3ncnc4ccccc34)on2)cc1. The first-order valence-corrected chi connectivity index (χ1v) is 7.69. The summed E-state index contributed by atoms with van der Waals surface area (Å²) in [5, 5.41) is 5.15. The van der Waals surface area contributed by atoms with Gasteiger partial charge in [-0.25, -0.2) is 9.97 Å². The zero-order valence-corrected chi connectivity index (χ0v) is 13.5. The fourth-order valence-electron chi connectivity index (χ4n) is 2.65. The van der Waals surface area contributed by atoms with Crippen LogP contribution in [0.2, 0.25) is 0 Å². The van der Waals surface area contributed by atoms with Crippen molar-refractivity contribution in [3.05, 3.63) is 66.5 Å². The van der Waals surface area contributed by atoms with E-state index in [-0.39, 0.29) is 0 Å². The van der Waals surface area contributed by atoms with Crippen molar-refractivity contribution in [3.63, 3.8) is 0 Å². The number of aromatic nitrogens is 3. The second-order valence-electron chi connectivity index (χ2n) is 5.69. The highest BCUT2D eigenvalue weighted by atomic mass is 16.5. The van der Waals surface area contributed by atoms with E-state index in [1.807, 2.05) is 54.4 Å². The van der Waals surface area contributed by atoms with Crippen LogP contribution in [0.25, 0.3) is 22.2 Å². The van der Waals surface area contributed by atoms with Crippen molar-refractivity contribution < 1.29 is 4.52 Å². The molecule has 5 heteroatoms. The van der Waals surface area contributed by atoms with Crippen LogP contribution in [0.1, 0.15) is 5.56 Å². The molecule has 0 aliphatic heterocycles. The molecule has 0 fully saturated rings. The van der Waals surface area contributed by atoms with Gasteiger partial charge in [-0.1, -0.05) is 47.1 Å². The Morgan fingerprint density at radius 2 is 1.75 bits per heavy atom. The van der Waals surface area contributed by atoms with E-state index in [1.165, 1.54) is 5.56 Å². The fourth-order valence-corrected chi connectivity index (χ4v) is 2.65. The second-order valence-corrected chi connectivity index (χ2v) is 5.69. The van der Waals surface area contributed by atoms with Gasteiger partial charge in [-0.3, -0.25) is 4.90 Å². The minimum Gasteiger partial charge on any atom is -0.338 e. The molecule has 0 saturated heterocycles. The summed E-state index contributed by atoms with van der Waals surface area (Å²) >= 11 is 0. The second kappa shape index (κ2) is 5.77. The van der Waals surface area contributed by atoms with Crippen molar-refractivity contribution in [2.75, 3.05) is 11.9 Å².